The predicted molar refractivity (Wildman–Crippen MR) is 148 cm³/mol. The average Bonchev–Trinajstić information content (AvgIpc) is 3.31. The minimum Gasteiger partial charge on any atom is -0.615 e. The van der Waals surface area contributed by atoms with E-state index in [9.17, 15) is 8.94 Å². The number of nitrogens with one attached hydrogen (secondary N) is 1. The summed E-state index contributed by atoms with van der Waals surface area (Å²) in [4.78, 5) is 9.21. The Balaban J connectivity index is 0.000000469. The van der Waals surface area contributed by atoms with Crippen LogP contribution in [0, 0.1) is 12.7 Å². The van der Waals surface area contributed by atoms with Gasteiger partial charge in [-0.3, -0.25) is 9.55 Å². The van der Waals surface area contributed by atoms with Gasteiger partial charge in [0.1, 0.15) is 11.6 Å². The minimum absolute atomic E-state index is 0.264. The maximum absolute atomic E-state index is 13.6. The van der Waals surface area contributed by atoms with E-state index < -0.39 is 11.2 Å². The molecule has 0 spiro atoms. The summed E-state index contributed by atoms with van der Waals surface area (Å²) in [5.41, 5.74) is 5.37. The third kappa shape index (κ3) is 6.45. The highest BCUT2D eigenvalue weighted by atomic mass is 32.2. The first-order valence-corrected chi connectivity index (χ1v) is 14.1. The normalized spacial score (nSPS) is 14.9. The highest BCUT2D eigenvalue weighted by Crippen LogP contribution is 2.41. The molecule has 5 rings (SSSR count). The molecule has 1 aliphatic rings. The molecule has 2 aromatic carbocycles. The van der Waals surface area contributed by atoms with Crippen molar-refractivity contribution in [1.29, 1.82) is 0 Å². The van der Waals surface area contributed by atoms with Crippen molar-refractivity contribution in [3.05, 3.63) is 84.4 Å². The first-order chi connectivity index (χ1) is 18.0. The number of hydrogen-bond donors (Lipinski definition) is 1. The van der Waals surface area contributed by atoms with Crippen LogP contribution in [0.4, 0.5) is 4.39 Å². The molecule has 2 atom stereocenters. The number of morpholine rings is 1. The van der Waals surface area contributed by atoms with E-state index in [-0.39, 0.29) is 11.2 Å². The summed E-state index contributed by atoms with van der Waals surface area (Å²) >= 11 is -1.13. The lowest BCUT2D eigenvalue weighted by Crippen LogP contribution is -2.30. The molecule has 0 saturated carbocycles. The number of halogens is 1. The number of pyridine rings is 1. The van der Waals surface area contributed by atoms with Crippen LogP contribution in [0.5, 0.6) is 0 Å². The average molecular weight is 521 g/mol. The van der Waals surface area contributed by atoms with Crippen LogP contribution in [0.3, 0.4) is 0 Å². The molecule has 0 bridgehead atoms. The Morgan fingerprint density at radius 2 is 1.70 bits per heavy atom. The van der Waals surface area contributed by atoms with E-state index in [2.05, 4.69) is 14.9 Å². The second kappa shape index (κ2) is 13.0. The standard InChI is InChI=1S/C25H24FN3OS.C4H9NO/c1-4-22(31(3)30)29-24(19-13-15-27-16-14-19)23(18-9-11-20(26)12-10-18)28-25(29)21-8-6-5-7-17(21)2;1-3-6-4-2-5-1/h5-16,22H,4H2,1-3H3;5H,1-4H2. The van der Waals surface area contributed by atoms with E-state index in [1.807, 2.05) is 50.2 Å². The van der Waals surface area contributed by atoms with Crippen molar-refractivity contribution in [2.24, 2.45) is 0 Å². The van der Waals surface area contributed by atoms with Crippen LogP contribution in [-0.2, 0) is 15.9 Å². The van der Waals surface area contributed by atoms with Crippen LogP contribution >= 0.6 is 0 Å². The van der Waals surface area contributed by atoms with Crippen LogP contribution < -0.4 is 5.32 Å². The van der Waals surface area contributed by atoms with Gasteiger partial charge >= 0.3 is 0 Å². The lowest BCUT2D eigenvalue weighted by Gasteiger charge is -2.23. The number of nitrogens with zero attached hydrogens (tertiary/aromatic N) is 3. The van der Waals surface area contributed by atoms with Gasteiger partial charge in [0, 0.05) is 48.6 Å². The Morgan fingerprint density at radius 1 is 1.03 bits per heavy atom. The van der Waals surface area contributed by atoms with Gasteiger partial charge in [0.25, 0.3) is 0 Å². The molecule has 0 aliphatic carbocycles. The number of rotatable bonds is 6. The second-order valence-electron chi connectivity index (χ2n) is 8.78. The van der Waals surface area contributed by atoms with Crippen LogP contribution in [0.2, 0.25) is 0 Å². The molecule has 3 heterocycles. The van der Waals surface area contributed by atoms with Gasteiger partial charge in [0.05, 0.1) is 30.9 Å². The Hall–Kier alpha value is -3.04. The van der Waals surface area contributed by atoms with Gasteiger partial charge < -0.3 is 14.6 Å². The molecule has 1 aliphatic heterocycles. The molecule has 8 heteroatoms. The molecule has 194 valence electrons. The molecular weight excluding hydrogens is 487 g/mol. The van der Waals surface area contributed by atoms with Crippen LogP contribution in [0.15, 0.2) is 73.1 Å². The summed E-state index contributed by atoms with van der Waals surface area (Å²) in [7, 11) is 0. The third-order valence-corrected chi connectivity index (χ3v) is 7.55. The Labute approximate surface area is 221 Å². The summed E-state index contributed by atoms with van der Waals surface area (Å²) in [6.45, 7) is 7.91. The Bertz CT molecular complexity index is 1260. The fourth-order valence-corrected chi connectivity index (χ4v) is 5.37. The van der Waals surface area contributed by atoms with E-state index >= 15 is 0 Å². The number of hydrogen-bond acceptors (Lipinski definition) is 5. The minimum atomic E-state index is -1.13. The van der Waals surface area contributed by atoms with Gasteiger partial charge in [-0.25, -0.2) is 9.37 Å². The number of imidazole rings is 1. The first-order valence-electron chi connectivity index (χ1n) is 12.5. The molecule has 0 amide bonds. The van der Waals surface area contributed by atoms with Gasteiger partial charge in [-0.15, -0.1) is 0 Å². The zero-order valence-corrected chi connectivity index (χ0v) is 22.3. The molecule has 1 fully saturated rings. The quantitative estimate of drug-likeness (QED) is 0.334. The smallest absolute Gasteiger partial charge is 0.193 e. The summed E-state index contributed by atoms with van der Waals surface area (Å²) in [6.07, 6.45) is 5.87. The van der Waals surface area contributed by atoms with E-state index in [0.29, 0.717) is 6.42 Å². The fraction of sp³-hybridized carbons (Fsp3) is 0.310. The first kappa shape index (κ1) is 27.0. The molecular formula is C29H33FN4O2S. The van der Waals surface area contributed by atoms with Crippen molar-refractivity contribution in [1.82, 2.24) is 19.9 Å². The van der Waals surface area contributed by atoms with Gasteiger partial charge in [-0.05, 0) is 60.1 Å². The van der Waals surface area contributed by atoms with Crippen molar-refractivity contribution < 1.29 is 13.7 Å². The summed E-state index contributed by atoms with van der Waals surface area (Å²) in [6, 6.07) is 18.2. The number of ether oxygens (including phenoxy) is 1. The fourth-order valence-electron chi connectivity index (χ4n) is 4.40. The van der Waals surface area contributed by atoms with E-state index in [1.165, 1.54) is 12.1 Å². The van der Waals surface area contributed by atoms with Crippen molar-refractivity contribution >= 4 is 11.2 Å². The molecule has 2 aromatic heterocycles. The van der Waals surface area contributed by atoms with E-state index in [0.717, 1.165) is 65.8 Å². The Kier molecular flexibility index (Phi) is 9.46. The molecule has 6 nitrogen and oxygen atoms in total. The second-order valence-corrected chi connectivity index (χ2v) is 10.3. The summed E-state index contributed by atoms with van der Waals surface area (Å²) in [5.74, 6) is 0.458. The number of aryl methyl sites for hydroxylation is 1. The molecule has 0 radical (unpaired) electrons. The van der Waals surface area contributed by atoms with Crippen LogP contribution in [0.1, 0.15) is 24.3 Å². The summed E-state index contributed by atoms with van der Waals surface area (Å²) < 4.78 is 33.6. The van der Waals surface area contributed by atoms with Crippen molar-refractivity contribution in [3.63, 3.8) is 0 Å². The highest BCUT2D eigenvalue weighted by molar-refractivity contribution is 7.90. The molecule has 37 heavy (non-hydrogen) atoms. The highest BCUT2D eigenvalue weighted by Gasteiger charge is 2.30. The maximum Gasteiger partial charge on any atom is 0.193 e. The molecule has 4 aromatic rings. The monoisotopic (exact) mass is 520 g/mol. The van der Waals surface area contributed by atoms with Gasteiger partial charge in [-0.1, -0.05) is 31.2 Å². The molecule has 2 unspecified atom stereocenters. The number of aromatic nitrogens is 3. The SMILES string of the molecule is C1COCCN1.CCC(n1c(-c2ccccc2C)nc(-c2ccc(F)cc2)c1-c1ccncc1)[S+](C)[O-]. The van der Waals surface area contributed by atoms with Gasteiger partial charge in [0.2, 0.25) is 0 Å². The van der Waals surface area contributed by atoms with Crippen molar-refractivity contribution in [2.45, 2.75) is 25.6 Å². The van der Waals surface area contributed by atoms with Crippen molar-refractivity contribution in [2.75, 3.05) is 32.6 Å². The zero-order chi connectivity index (χ0) is 26.2. The molecule has 1 saturated heterocycles. The third-order valence-electron chi connectivity index (χ3n) is 6.24. The topological polar surface area (TPSA) is 75.0 Å². The van der Waals surface area contributed by atoms with Gasteiger partial charge in [-0.2, -0.15) is 0 Å². The van der Waals surface area contributed by atoms with Gasteiger partial charge in [0.15, 0.2) is 5.37 Å². The summed E-state index contributed by atoms with van der Waals surface area (Å²) in [5, 5.41) is 2.90. The van der Waals surface area contributed by atoms with Crippen LogP contribution in [0.25, 0.3) is 33.9 Å². The van der Waals surface area contributed by atoms with E-state index in [4.69, 9.17) is 9.72 Å². The Morgan fingerprint density at radius 3 is 2.24 bits per heavy atom. The molecule has 1 N–H and O–H groups in total. The predicted octanol–water partition coefficient (Wildman–Crippen LogP) is 5.62. The lowest BCUT2D eigenvalue weighted by molar-refractivity contribution is 0.109. The van der Waals surface area contributed by atoms with E-state index in [1.54, 1.807) is 30.8 Å². The number of benzene rings is 2. The lowest BCUT2D eigenvalue weighted by atomic mass is 10.1. The largest absolute Gasteiger partial charge is 0.615 e. The maximum atomic E-state index is 13.6. The zero-order valence-electron chi connectivity index (χ0n) is 21.5. The van der Waals surface area contributed by atoms with Crippen LogP contribution in [-0.4, -0.2) is 51.6 Å². The van der Waals surface area contributed by atoms with Crippen molar-refractivity contribution in [3.8, 4) is 33.9 Å².